The minimum Gasteiger partial charge on any atom is -0.377 e. The zero-order valence-electron chi connectivity index (χ0n) is 26.9. The Labute approximate surface area is 275 Å². The van der Waals surface area contributed by atoms with Crippen LogP contribution >= 0.6 is 31.3 Å². The Hall–Kier alpha value is 0.240. The Kier molecular flexibility index (Phi) is 28.0. The molecule has 0 fully saturated rings. The van der Waals surface area contributed by atoms with E-state index in [2.05, 4.69) is 23.4 Å². The van der Waals surface area contributed by atoms with Crippen molar-refractivity contribution in [3.63, 3.8) is 0 Å². The molecule has 4 atom stereocenters. The maximum absolute atomic E-state index is 12.3. The van der Waals surface area contributed by atoms with E-state index in [0.717, 1.165) is 27.2 Å². The van der Waals surface area contributed by atoms with E-state index in [4.69, 9.17) is 46.8 Å². The van der Waals surface area contributed by atoms with Crippen LogP contribution in [0.2, 0.25) is 0 Å². The highest BCUT2D eigenvalue weighted by atomic mass is 31.2. The zero-order valence-corrected chi connectivity index (χ0v) is 30.5. The van der Waals surface area contributed by atoms with Gasteiger partial charge in [0.15, 0.2) is 0 Å². The topological polar surface area (TPSA) is 272 Å². The summed E-state index contributed by atoms with van der Waals surface area (Å²) in [5, 5.41) is 3.00. The fourth-order valence-electron chi connectivity index (χ4n) is 3.02. The largest absolute Gasteiger partial charge is 0.472 e. The Bertz CT molecular complexity index is 896. The van der Waals surface area contributed by atoms with Crippen LogP contribution in [0.3, 0.4) is 0 Å². The molecule has 0 aromatic rings. The maximum atomic E-state index is 12.3. The molecular weight excluding hydrogens is 722 g/mol. The van der Waals surface area contributed by atoms with Crippen LogP contribution < -0.4 is 5.32 Å². The summed E-state index contributed by atoms with van der Waals surface area (Å²) >= 11 is 0. The number of rotatable bonds is 35. The van der Waals surface area contributed by atoms with E-state index >= 15 is 0 Å². The van der Waals surface area contributed by atoms with Crippen molar-refractivity contribution in [2.24, 2.45) is 5.92 Å². The first-order valence-electron chi connectivity index (χ1n) is 14.4. The van der Waals surface area contributed by atoms with Crippen LogP contribution in [0.4, 0.5) is 0 Å². The maximum Gasteiger partial charge on any atom is 0.472 e. The lowest BCUT2D eigenvalue weighted by molar-refractivity contribution is 0.0159. The van der Waals surface area contributed by atoms with Crippen molar-refractivity contribution in [1.29, 1.82) is 0 Å². The molecule has 284 valence electrons. The number of ether oxygens (including phenoxy) is 4. The van der Waals surface area contributed by atoms with E-state index in [9.17, 15) is 28.0 Å². The Morgan fingerprint density at radius 3 is 1.13 bits per heavy atom. The summed E-state index contributed by atoms with van der Waals surface area (Å²) in [6.45, 7) is -0.353. The monoisotopic (exact) mass is 773 g/mol. The van der Waals surface area contributed by atoms with Gasteiger partial charge in [-0.25, -0.2) is 18.3 Å². The van der Waals surface area contributed by atoms with E-state index in [1.54, 1.807) is 7.05 Å². The second-order valence-corrected chi connectivity index (χ2v) is 15.1. The molecule has 5 N–H and O–H groups in total. The molecule has 0 aliphatic carbocycles. The third-order valence-electron chi connectivity index (χ3n) is 5.37. The Morgan fingerprint density at radius 2 is 0.809 bits per heavy atom. The zero-order chi connectivity index (χ0) is 35.5. The molecule has 47 heavy (non-hydrogen) atoms. The molecule has 0 radical (unpaired) electrons. The molecule has 0 spiro atoms. The summed E-state index contributed by atoms with van der Waals surface area (Å²) in [6.07, 6.45) is 1.90. The van der Waals surface area contributed by atoms with Crippen molar-refractivity contribution in [1.82, 2.24) is 5.32 Å². The van der Waals surface area contributed by atoms with Gasteiger partial charge in [-0.05, 0) is 26.4 Å². The highest BCUT2D eigenvalue weighted by Gasteiger charge is 2.27. The summed E-state index contributed by atoms with van der Waals surface area (Å²) in [5.41, 5.74) is 0. The molecule has 4 unspecified atom stereocenters. The second-order valence-electron chi connectivity index (χ2n) is 9.08. The number of phosphoric ester groups is 4. The van der Waals surface area contributed by atoms with E-state index in [-0.39, 0.29) is 92.5 Å². The molecule has 0 bridgehead atoms. The van der Waals surface area contributed by atoms with Gasteiger partial charge in [0.2, 0.25) is 0 Å². The van der Waals surface area contributed by atoms with Crippen molar-refractivity contribution >= 4 is 31.3 Å². The van der Waals surface area contributed by atoms with Gasteiger partial charge < -0.3 is 43.8 Å². The lowest BCUT2D eigenvalue weighted by atomic mass is 10.0. The van der Waals surface area contributed by atoms with Crippen molar-refractivity contribution in [2.75, 3.05) is 120 Å². The molecule has 0 rings (SSSR count). The van der Waals surface area contributed by atoms with Gasteiger partial charge in [0.25, 0.3) is 0 Å². The molecule has 21 nitrogen and oxygen atoms in total. The summed E-state index contributed by atoms with van der Waals surface area (Å²) in [5.74, 6) is -0.540. The van der Waals surface area contributed by atoms with Gasteiger partial charge in [-0.3, -0.25) is 36.2 Å². The van der Waals surface area contributed by atoms with Gasteiger partial charge >= 0.3 is 31.3 Å². The Balaban J connectivity index is 4.26. The number of hydrogen-bond donors (Lipinski definition) is 5. The molecule has 0 aliphatic rings. The van der Waals surface area contributed by atoms with Crippen LogP contribution in [-0.2, 0) is 73.4 Å². The highest BCUT2D eigenvalue weighted by molar-refractivity contribution is 7.48. The first kappa shape index (κ1) is 47.2. The van der Waals surface area contributed by atoms with Crippen LogP contribution in [0, 0.1) is 5.92 Å². The fraction of sp³-hybridized carbons (Fsp3) is 1.00. The lowest BCUT2D eigenvalue weighted by Crippen LogP contribution is -2.18. The predicted molar refractivity (Wildman–Crippen MR) is 164 cm³/mol. The number of nitrogens with one attached hydrogen (secondary N) is 1. The first-order valence-corrected chi connectivity index (χ1v) is 20.4. The van der Waals surface area contributed by atoms with Crippen molar-refractivity contribution in [3.05, 3.63) is 0 Å². The minimum absolute atomic E-state index is 0.0178. The van der Waals surface area contributed by atoms with Crippen LogP contribution in [0.25, 0.3) is 0 Å². The smallest absolute Gasteiger partial charge is 0.377 e. The first-order chi connectivity index (χ1) is 22.2. The molecule has 0 amide bonds. The standard InChI is InChI=1S/C22H51NO20P4/c1-23-7-5-4-6-22(20-42-46(28,29)40-18-14-36-10-8-34-12-16-38-44(24,25)32-2)21-43-47(30,31)41-19-15-37-11-9-35-13-17-39-45(26,27)33-3/h22-23H,4-21H2,1-3H3,(H,24,25)(H,26,27)(H,28,29)(H,30,31). The number of phosphoric acid groups is 4. The van der Waals surface area contributed by atoms with Crippen LogP contribution in [-0.4, -0.2) is 140 Å². The Morgan fingerprint density at radius 1 is 0.489 bits per heavy atom. The number of unbranched alkanes of at least 4 members (excludes halogenated alkanes) is 1. The van der Waals surface area contributed by atoms with E-state index in [1.165, 1.54) is 0 Å². The van der Waals surface area contributed by atoms with Gasteiger partial charge in [-0.1, -0.05) is 6.42 Å². The summed E-state index contributed by atoms with van der Waals surface area (Å²) in [6, 6.07) is 0. The SMILES string of the molecule is CNCCCCC(COP(=O)(O)OCCOCCOCCOP(=O)(O)OC)COP(=O)(O)OCCOCCOCCOP(=O)(O)OC. The average Bonchev–Trinajstić information content (AvgIpc) is 3.01. The molecule has 0 heterocycles. The third-order valence-corrected chi connectivity index (χ3v) is 9.28. The quantitative estimate of drug-likeness (QED) is 0.0454. The molecule has 0 aromatic carbocycles. The highest BCUT2D eigenvalue weighted by Crippen LogP contribution is 2.46. The van der Waals surface area contributed by atoms with E-state index in [0.29, 0.717) is 12.8 Å². The van der Waals surface area contributed by atoms with Gasteiger partial charge in [0, 0.05) is 20.1 Å². The molecule has 25 heteroatoms. The second kappa shape index (κ2) is 27.9. The molecule has 0 saturated carbocycles. The number of hydrogen-bond acceptors (Lipinski definition) is 17. The van der Waals surface area contributed by atoms with Gasteiger partial charge in [-0.15, -0.1) is 0 Å². The van der Waals surface area contributed by atoms with Crippen molar-refractivity contribution < 1.29 is 93.0 Å². The van der Waals surface area contributed by atoms with Crippen LogP contribution in [0.15, 0.2) is 0 Å². The van der Waals surface area contributed by atoms with Gasteiger partial charge in [0.1, 0.15) is 0 Å². The van der Waals surface area contributed by atoms with Crippen LogP contribution in [0.5, 0.6) is 0 Å². The summed E-state index contributed by atoms with van der Waals surface area (Å²) in [7, 11) is -13.2. The average molecular weight is 774 g/mol. The van der Waals surface area contributed by atoms with Crippen molar-refractivity contribution in [2.45, 2.75) is 19.3 Å². The summed E-state index contributed by atoms with van der Waals surface area (Å²) in [4.78, 5) is 38.2. The third kappa shape index (κ3) is 30.8. The minimum atomic E-state index is -4.48. The molecular formula is C22H51NO20P4. The molecule has 0 aromatic heterocycles. The normalized spacial score (nSPS) is 17.9. The molecule has 0 saturated heterocycles. The fourth-order valence-corrected chi connectivity index (χ4v) is 5.40. The summed E-state index contributed by atoms with van der Waals surface area (Å²) < 4.78 is 105. The van der Waals surface area contributed by atoms with Crippen molar-refractivity contribution in [3.8, 4) is 0 Å². The van der Waals surface area contributed by atoms with E-state index < -0.39 is 37.2 Å². The van der Waals surface area contributed by atoms with E-state index in [1.807, 2.05) is 0 Å². The lowest BCUT2D eigenvalue weighted by Gasteiger charge is -2.20. The molecule has 0 aliphatic heterocycles. The van der Waals surface area contributed by atoms with Gasteiger partial charge in [0.05, 0.1) is 92.5 Å². The van der Waals surface area contributed by atoms with Gasteiger partial charge in [-0.2, -0.15) is 0 Å². The predicted octanol–water partition coefficient (Wildman–Crippen LogP) is 1.85. The van der Waals surface area contributed by atoms with Crippen LogP contribution in [0.1, 0.15) is 19.3 Å².